The molecule has 21 heavy (non-hydrogen) atoms. The molecule has 0 atom stereocenters. The van der Waals surface area contributed by atoms with Gasteiger partial charge < -0.3 is 9.88 Å². The summed E-state index contributed by atoms with van der Waals surface area (Å²) in [6, 6.07) is 3.58. The fourth-order valence-electron chi connectivity index (χ4n) is 1.76. The first-order valence-corrected chi connectivity index (χ1v) is 5.94. The summed E-state index contributed by atoms with van der Waals surface area (Å²) in [7, 11) is 1.78. The summed E-state index contributed by atoms with van der Waals surface area (Å²) in [5, 5.41) is 32.2. The van der Waals surface area contributed by atoms with E-state index in [9.17, 15) is 20.2 Å². The molecule has 0 saturated carbocycles. The highest BCUT2D eigenvalue weighted by Crippen LogP contribution is 2.24. The van der Waals surface area contributed by atoms with Crippen LogP contribution in [0.4, 0.5) is 11.4 Å². The van der Waals surface area contributed by atoms with Gasteiger partial charge in [-0.15, -0.1) is 10.2 Å². The number of nitrogens with one attached hydrogen (secondary N) is 1. The van der Waals surface area contributed by atoms with Gasteiger partial charge in [-0.3, -0.25) is 20.2 Å². The molecule has 0 saturated heterocycles. The number of nitrogens with zero attached hydrogens (tertiary/aromatic N) is 5. The van der Waals surface area contributed by atoms with E-state index >= 15 is 0 Å². The Hall–Kier alpha value is -2.88. The van der Waals surface area contributed by atoms with Crippen LogP contribution in [-0.4, -0.2) is 24.6 Å². The van der Waals surface area contributed by atoms with E-state index in [0.29, 0.717) is 17.9 Å². The van der Waals surface area contributed by atoms with E-state index in [4.69, 9.17) is 0 Å². The molecule has 1 aromatic carbocycles. The van der Waals surface area contributed by atoms with Gasteiger partial charge in [-0.25, -0.2) is 0 Å². The highest BCUT2D eigenvalue weighted by molar-refractivity contribution is 5.49. The zero-order chi connectivity index (χ0) is 15.4. The first-order chi connectivity index (χ1) is 9.99. The van der Waals surface area contributed by atoms with Gasteiger partial charge in [0.25, 0.3) is 11.4 Å². The molecule has 10 heteroatoms. The van der Waals surface area contributed by atoms with Crippen molar-refractivity contribution in [1.29, 1.82) is 0 Å². The lowest BCUT2D eigenvalue weighted by molar-refractivity contribution is -0.394. The molecular weight excluding hydrogens is 280 g/mol. The molecule has 1 heterocycles. The van der Waals surface area contributed by atoms with Crippen LogP contribution in [0.1, 0.15) is 11.4 Å². The molecule has 0 aliphatic heterocycles. The van der Waals surface area contributed by atoms with Crippen molar-refractivity contribution in [3.63, 3.8) is 0 Å². The Balaban J connectivity index is 2.10. The zero-order valence-electron chi connectivity index (χ0n) is 11.1. The van der Waals surface area contributed by atoms with Crippen LogP contribution in [0.25, 0.3) is 0 Å². The van der Waals surface area contributed by atoms with Crippen molar-refractivity contribution >= 4 is 11.4 Å². The summed E-state index contributed by atoms with van der Waals surface area (Å²) >= 11 is 0. The number of nitro groups is 2. The van der Waals surface area contributed by atoms with Gasteiger partial charge in [0.2, 0.25) is 0 Å². The molecule has 1 aromatic heterocycles. The summed E-state index contributed by atoms with van der Waals surface area (Å²) in [5.74, 6) is 0.680. The van der Waals surface area contributed by atoms with Crippen LogP contribution in [0.5, 0.6) is 0 Å². The van der Waals surface area contributed by atoms with E-state index < -0.39 is 9.85 Å². The monoisotopic (exact) mass is 292 g/mol. The van der Waals surface area contributed by atoms with E-state index in [-0.39, 0.29) is 17.9 Å². The maximum atomic E-state index is 11.0. The van der Waals surface area contributed by atoms with Gasteiger partial charge in [0.15, 0.2) is 0 Å². The number of aryl methyl sites for hydroxylation is 1. The van der Waals surface area contributed by atoms with Crippen molar-refractivity contribution in [1.82, 2.24) is 20.1 Å². The molecule has 0 unspecified atom stereocenters. The molecule has 0 amide bonds. The van der Waals surface area contributed by atoms with Crippen LogP contribution >= 0.6 is 0 Å². The van der Waals surface area contributed by atoms with Crippen molar-refractivity contribution in [3.05, 3.63) is 56.1 Å². The average Bonchev–Trinajstić information content (AvgIpc) is 2.84. The summed E-state index contributed by atoms with van der Waals surface area (Å²) in [5.41, 5.74) is -0.221. The first kappa shape index (κ1) is 14.5. The second-order valence-electron chi connectivity index (χ2n) is 4.29. The maximum absolute atomic E-state index is 11.0. The number of hydrogen-bond donors (Lipinski definition) is 1. The van der Waals surface area contributed by atoms with Crippen LogP contribution in [0.3, 0.4) is 0 Å². The predicted octanol–water partition coefficient (Wildman–Crippen LogP) is 0.921. The fraction of sp³-hybridized carbons (Fsp3) is 0.273. The summed E-state index contributed by atoms with van der Waals surface area (Å²) < 4.78 is 1.72. The van der Waals surface area contributed by atoms with E-state index in [1.807, 2.05) is 0 Å². The fourth-order valence-corrected chi connectivity index (χ4v) is 1.76. The normalized spacial score (nSPS) is 10.5. The lowest BCUT2D eigenvalue weighted by Gasteiger charge is -2.05. The summed E-state index contributed by atoms with van der Waals surface area (Å²) in [6.07, 6.45) is 1.55. The number of non-ortho nitro benzene ring substituents is 1. The quantitative estimate of drug-likeness (QED) is 0.619. The highest BCUT2D eigenvalue weighted by Gasteiger charge is 2.18. The Bertz CT molecular complexity index is 683. The maximum Gasteiger partial charge on any atom is 0.280 e. The molecule has 2 aromatic rings. The van der Waals surface area contributed by atoms with Gasteiger partial charge in [0.1, 0.15) is 12.2 Å². The minimum Gasteiger partial charge on any atom is -0.320 e. The van der Waals surface area contributed by atoms with Crippen molar-refractivity contribution in [2.45, 2.75) is 13.1 Å². The number of rotatable bonds is 6. The van der Waals surface area contributed by atoms with Gasteiger partial charge in [-0.05, 0) is 6.07 Å². The van der Waals surface area contributed by atoms with Gasteiger partial charge in [0.05, 0.1) is 22.5 Å². The minimum absolute atomic E-state index is 0.196. The largest absolute Gasteiger partial charge is 0.320 e. The second-order valence-corrected chi connectivity index (χ2v) is 4.29. The smallest absolute Gasteiger partial charge is 0.280 e. The van der Waals surface area contributed by atoms with Gasteiger partial charge >= 0.3 is 0 Å². The van der Waals surface area contributed by atoms with Gasteiger partial charge in [0, 0.05) is 25.2 Å². The van der Waals surface area contributed by atoms with E-state index in [1.54, 1.807) is 17.9 Å². The topological polar surface area (TPSA) is 129 Å². The second kappa shape index (κ2) is 6.05. The van der Waals surface area contributed by atoms with Crippen LogP contribution in [0.2, 0.25) is 0 Å². The molecule has 0 fully saturated rings. The number of hydrogen-bond acceptors (Lipinski definition) is 7. The summed E-state index contributed by atoms with van der Waals surface area (Å²) in [6.45, 7) is 0.575. The number of aromatic nitrogens is 3. The Labute approximate surface area is 118 Å². The molecule has 2 rings (SSSR count). The third-order valence-electron chi connectivity index (χ3n) is 2.88. The highest BCUT2D eigenvalue weighted by atomic mass is 16.6. The average molecular weight is 292 g/mol. The molecule has 0 spiro atoms. The SMILES string of the molecule is Cn1cnnc1CNCc1ccc([N+](=O)[O-])cc1[N+](=O)[O-]. The molecule has 0 aliphatic carbocycles. The summed E-state index contributed by atoms with van der Waals surface area (Å²) in [4.78, 5) is 20.3. The molecule has 1 N–H and O–H groups in total. The predicted molar refractivity (Wildman–Crippen MR) is 71.3 cm³/mol. The van der Waals surface area contributed by atoms with Gasteiger partial charge in [-0.1, -0.05) is 0 Å². The molecule has 0 radical (unpaired) electrons. The van der Waals surface area contributed by atoms with Crippen molar-refractivity contribution in [3.8, 4) is 0 Å². The van der Waals surface area contributed by atoms with Crippen molar-refractivity contribution in [2.75, 3.05) is 0 Å². The minimum atomic E-state index is -0.663. The Morgan fingerprint density at radius 3 is 2.57 bits per heavy atom. The Kier molecular flexibility index (Phi) is 4.18. The molecule has 110 valence electrons. The van der Waals surface area contributed by atoms with Crippen molar-refractivity contribution < 1.29 is 9.85 Å². The third-order valence-corrected chi connectivity index (χ3v) is 2.88. The van der Waals surface area contributed by atoms with Crippen LogP contribution in [0, 0.1) is 20.2 Å². The van der Waals surface area contributed by atoms with Crippen LogP contribution in [-0.2, 0) is 20.1 Å². The Morgan fingerprint density at radius 2 is 2.00 bits per heavy atom. The van der Waals surface area contributed by atoms with E-state index in [1.165, 1.54) is 12.1 Å². The van der Waals surface area contributed by atoms with E-state index in [0.717, 1.165) is 6.07 Å². The molecule has 0 bridgehead atoms. The molecule has 0 aliphatic rings. The van der Waals surface area contributed by atoms with Crippen molar-refractivity contribution in [2.24, 2.45) is 7.05 Å². The zero-order valence-corrected chi connectivity index (χ0v) is 11.1. The first-order valence-electron chi connectivity index (χ1n) is 5.94. The van der Waals surface area contributed by atoms with Gasteiger partial charge in [-0.2, -0.15) is 0 Å². The van der Waals surface area contributed by atoms with Crippen LogP contribution in [0.15, 0.2) is 24.5 Å². The standard InChI is InChI=1S/C11H12N6O4/c1-15-7-13-14-11(15)6-12-5-8-2-3-9(16(18)19)4-10(8)17(20)21/h2-4,7,12H,5-6H2,1H3. The lowest BCUT2D eigenvalue weighted by atomic mass is 10.1. The lowest BCUT2D eigenvalue weighted by Crippen LogP contribution is -2.16. The number of benzene rings is 1. The molecular formula is C11H12N6O4. The Morgan fingerprint density at radius 1 is 1.24 bits per heavy atom. The molecule has 10 nitrogen and oxygen atoms in total. The third kappa shape index (κ3) is 3.36. The van der Waals surface area contributed by atoms with Crippen LogP contribution < -0.4 is 5.32 Å². The van der Waals surface area contributed by atoms with E-state index in [2.05, 4.69) is 15.5 Å². The number of nitro benzene ring substituents is 2.